The van der Waals surface area contributed by atoms with Gasteiger partial charge in [0.2, 0.25) is 17.7 Å². The predicted molar refractivity (Wildman–Crippen MR) is 141 cm³/mol. The molecule has 35 heavy (non-hydrogen) atoms. The van der Waals surface area contributed by atoms with Gasteiger partial charge in [0.05, 0.1) is 13.1 Å². The standard InChI is InChI=1S/C28H46N4O3/c1-8-23(28(4,5)22-14-10-9-11-15-22)27(35)29-18-25(33)31(7)24(21(2)3)19-30(6)20-26(34)32-16-12-13-17-32/h9-11,14-15,21,23-24H,8,12-13,16-20H2,1-7H3,(H,29,35)/t23-,24-/m1/s1. The molecule has 7 heteroatoms. The summed E-state index contributed by atoms with van der Waals surface area (Å²) in [7, 11) is 3.72. The van der Waals surface area contributed by atoms with Crippen LogP contribution in [0.3, 0.4) is 0 Å². The number of nitrogens with one attached hydrogen (secondary N) is 1. The van der Waals surface area contributed by atoms with E-state index in [1.165, 1.54) is 0 Å². The highest BCUT2D eigenvalue weighted by molar-refractivity contribution is 5.86. The maximum atomic E-state index is 13.1. The Morgan fingerprint density at radius 1 is 1.06 bits per heavy atom. The van der Waals surface area contributed by atoms with Gasteiger partial charge in [-0.15, -0.1) is 0 Å². The van der Waals surface area contributed by atoms with Gasteiger partial charge in [0.1, 0.15) is 0 Å². The monoisotopic (exact) mass is 486 g/mol. The van der Waals surface area contributed by atoms with Crippen molar-refractivity contribution in [2.45, 2.75) is 65.3 Å². The first kappa shape index (κ1) is 28.8. The van der Waals surface area contributed by atoms with Crippen molar-refractivity contribution in [3.63, 3.8) is 0 Å². The number of amides is 3. The molecule has 2 atom stereocenters. The summed E-state index contributed by atoms with van der Waals surface area (Å²) in [6, 6.07) is 9.99. The fourth-order valence-electron chi connectivity index (χ4n) is 5.15. The third kappa shape index (κ3) is 7.79. The highest BCUT2D eigenvalue weighted by atomic mass is 16.2. The summed E-state index contributed by atoms with van der Waals surface area (Å²) in [4.78, 5) is 44.3. The van der Waals surface area contributed by atoms with E-state index in [-0.39, 0.29) is 47.6 Å². The summed E-state index contributed by atoms with van der Waals surface area (Å²) < 4.78 is 0. The molecule has 0 aliphatic carbocycles. The van der Waals surface area contributed by atoms with Crippen molar-refractivity contribution in [2.24, 2.45) is 11.8 Å². The lowest BCUT2D eigenvalue weighted by atomic mass is 9.71. The molecule has 0 unspecified atom stereocenters. The second-order valence-electron chi connectivity index (χ2n) is 10.9. The molecule has 196 valence electrons. The number of benzene rings is 1. The topological polar surface area (TPSA) is 73.0 Å². The average molecular weight is 487 g/mol. The van der Waals surface area contributed by atoms with E-state index in [1.54, 1.807) is 11.9 Å². The molecule has 1 fully saturated rings. The first-order valence-electron chi connectivity index (χ1n) is 13.0. The van der Waals surface area contributed by atoms with E-state index in [9.17, 15) is 14.4 Å². The molecule has 1 aliphatic rings. The predicted octanol–water partition coefficient (Wildman–Crippen LogP) is 3.14. The Hall–Kier alpha value is -2.41. The number of rotatable bonds is 12. The van der Waals surface area contributed by atoms with Crippen LogP contribution in [0.1, 0.15) is 59.4 Å². The zero-order chi connectivity index (χ0) is 26.2. The minimum absolute atomic E-state index is 0.0314. The summed E-state index contributed by atoms with van der Waals surface area (Å²) in [5.74, 6) is -0.0994. The van der Waals surface area contributed by atoms with Crippen LogP contribution in [0.5, 0.6) is 0 Å². The van der Waals surface area contributed by atoms with Crippen LogP contribution in [-0.4, -0.2) is 85.3 Å². The molecule has 0 spiro atoms. The minimum Gasteiger partial charge on any atom is -0.347 e. The van der Waals surface area contributed by atoms with E-state index in [1.807, 2.05) is 54.1 Å². The van der Waals surface area contributed by atoms with E-state index in [0.29, 0.717) is 19.5 Å². The minimum atomic E-state index is -0.347. The Morgan fingerprint density at radius 2 is 1.66 bits per heavy atom. The maximum Gasteiger partial charge on any atom is 0.242 e. The lowest BCUT2D eigenvalue weighted by Gasteiger charge is -2.35. The van der Waals surface area contributed by atoms with Gasteiger partial charge in [-0.1, -0.05) is 65.0 Å². The molecule has 1 N–H and O–H groups in total. The lowest BCUT2D eigenvalue weighted by Crippen LogP contribution is -2.52. The average Bonchev–Trinajstić information content (AvgIpc) is 3.36. The molecule has 2 rings (SSSR count). The van der Waals surface area contributed by atoms with Gasteiger partial charge in [-0.3, -0.25) is 19.3 Å². The quantitative estimate of drug-likeness (QED) is 0.493. The number of carbonyl (C=O) groups is 3. The van der Waals surface area contributed by atoms with Gasteiger partial charge >= 0.3 is 0 Å². The molecule has 3 amide bonds. The van der Waals surface area contributed by atoms with Crippen molar-refractivity contribution in [1.82, 2.24) is 20.0 Å². The number of likely N-dealkylation sites (N-methyl/N-ethyl adjacent to an activating group) is 2. The van der Waals surface area contributed by atoms with Crippen LogP contribution in [0, 0.1) is 11.8 Å². The summed E-state index contributed by atoms with van der Waals surface area (Å²) in [6.07, 6.45) is 2.84. The van der Waals surface area contributed by atoms with Crippen molar-refractivity contribution in [3.8, 4) is 0 Å². The Balaban J connectivity index is 1.95. The molecule has 0 bridgehead atoms. The van der Waals surface area contributed by atoms with E-state index >= 15 is 0 Å². The Labute approximate surface area is 212 Å². The summed E-state index contributed by atoms with van der Waals surface area (Å²) in [5.41, 5.74) is 0.761. The third-order valence-electron chi connectivity index (χ3n) is 7.55. The molecule has 0 radical (unpaired) electrons. The number of likely N-dealkylation sites (tertiary alicyclic amines) is 1. The van der Waals surface area contributed by atoms with Gasteiger partial charge in [-0.25, -0.2) is 0 Å². The number of hydrogen-bond donors (Lipinski definition) is 1. The number of nitrogens with zero attached hydrogens (tertiary/aromatic N) is 3. The highest BCUT2D eigenvalue weighted by Gasteiger charge is 2.35. The zero-order valence-electron chi connectivity index (χ0n) is 22.8. The molecule has 1 heterocycles. The second kappa shape index (κ2) is 13.1. The smallest absolute Gasteiger partial charge is 0.242 e. The van der Waals surface area contributed by atoms with Gasteiger partial charge in [0.15, 0.2) is 0 Å². The van der Waals surface area contributed by atoms with Gasteiger partial charge in [-0.05, 0) is 37.8 Å². The number of hydrogen-bond acceptors (Lipinski definition) is 4. The SMILES string of the molecule is CC[C@H](C(=O)NCC(=O)N(C)[C@H](CN(C)CC(=O)N1CCCC1)C(C)C)C(C)(C)c1ccccc1. The molecular weight excluding hydrogens is 440 g/mol. The summed E-state index contributed by atoms with van der Waals surface area (Å²) in [5, 5.41) is 2.90. The maximum absolute atomic E-state index is 13.1. The first-order valence-corrected chi connectivity index (χ1v) is 13.0. The van der Waals surface area contributed by atoms with Gasteiger partial charge in [-0.2, -0.15) is 0 Å². The van der Waals surface area contributed by atoms with Crippen molar-refractivity contribution in [1.29, 1.82) is 0 Å². The molecule has 1 aromatic rings. The largest absolute Gasteiger partial charge is 0.347 e. The van der Waals surface area contributed by atoms with Crippen LogP contribution in [0.4, 0.5) is 0 Å². The third-order valence-corrected chi connectivity index (χ3v) is 7.55. The van der Waals surface area contributed by atoms with Crippen molar-refractivity contribution >= 4 is 17.7 Å². The molecule has 1 aromatic carbocycles. The van der Waals surface area contributed by atoms with Crippen LogP contribution in [0.25, 0.3) is 0 Å². The van der Waals surface area contributed by atoms with E-state index in [0.717, 1.165) is 31.5 Å². The van der Waals surface area contributed by atoms with Gasteiger partial charge in [0.25, 0.3) is 0 Å². The first-order chi connectivity index (χ1) is 16.5. The van der Waals surface area contributed by atoms with Gasteiger partial charge in [0, 0.05) is 44.1 Å². The molecule has 0 saturated carbocycles. The van der Waals surface area contributed by atoms with Crippen LogP contribution in [-0.2, 0) is 19.8 Å². The van der Waals surface area contributed by atoms with Crippen molar-refractivity contribution in [3.05, 3.63) is 35.9 Å². The van der Waals surface area contributed by atoms with Crippen LogP contribution >= 0.6 is 0 Å². The molecular formula is C28H46N4O3. The Kier molecular flexibility index (Phi) is 10.7. The van der Waals surface area contributed by atoms with Crippen molar-refractivity contribution in [2.75, 3.05) is 46.8 Å². The van der Waals surface area contributed by atoms with E-state index in [2.05, 4.69) is 33.0 Å². The number of carbonyl (C=O) groups excluding carboxylic acids is 3. The highest BCUT2D eigenvalue weighted by Crippen LogP contribution is 2.33. The van der Waals surface area contributed by atoms with Crippen LogP contribution < -0.4 is 5.32 Å². The Morgan fingerprint density at radius 3 is 2.20 bits per heavy atom. The normalized spacial score (nSPS) is 15.9. The molecule has 7 nitrogen and oxygen atoms in total. The van der Waals surface area contributed by atoms with Gasteiger partial charge < -0.3 is 15.1 Å². The second-order valence-corrected chi connectivity index (χ2v) is 10.9. The fraction of sp³-hybridized carbons (Fsp3) is 0.679. The summed E-state index contributed by atoms with van der Waals surface area (Å²) >= 11 is 0. The molecule has 0 aromatic heterocycles. The fourth-order valence-corrected chi connectivity index (χ4v) is 5.15. The van der Waals surface area contributed by atoms with Crippen LogP contribution in [0.15, 0.2) is 30.3 Å². The molecule has 1 aliphatic heterocycles. The van der Waals surface area contributed by atoms with Crippen molar-refractivity contribution < 1.29 is 14.4 Å². The molecule has 1 saturated heterocycles. The lowest BCUT2D eigenvalue weighted by molar-refractivity contribution is -0.136. The van der Waals surface area contributed by atoms with Crippen LogP contribution in [0.2, 0.25) is 0 Å². The Bertz CT molecular complexity index is 834. The van der Waals surface area contributed by atoms with E-state index in [4.69, 9.17) is 0 Å². The zero-order valence-corrected chi connectivity index (χ0v) is 22.8. The summed E-state index contributed by atoms with van der Waals surface area (Å²) in [6.45, 7) is 13.0. The van der Waals surface area contributed by atoms with E-state index < -0.39 is 0 Å².